The first-order chi connectivity index (χ1) is 8.66. The summed E-state index contributed by atoms with van der Waals surface area (Å²) in [6.07, 6.45) is 3.64. The van der Waals surface area contributed by atoms with Gasteiger partial charge in [0.2, 0.25) is 5.91 Å². The fraction of sp³-hybridized carbons (Fsp3) is 0.538. The molecule has 0 saturated carbocycles. The molecule has 1 aliphatic rings. The predicted molar refractivity (Wildman–Crippen MR) is 74.5 cm³/mol. The molecule has 1 aromatic rings. The Morgan fingerprint density at radius 2 is 1.94 bits per heavy atom. The third-order valence-electron chi connectivity index (χ3n) is 3.18. The van der Waals surface area contributed by atoms with Gasteiger partial charge in [-0.15, -0.1) is 0 Å². The van der Waals surface area contributed by atoms with Crippen LogP contribution in [0.3, 0.4) is 0 Å². The normalized spacial score (nSPS) is 18.7. The van der Waals surface area contributed by atoms with E-state index in [1.54, 1.807) is 0 Å². The molecule has 1 fully saturated rings. The standard InChI is InChI=1S/C13H18BrN3O/c1-11(14)13(18)17-8-6-16(7-9-17)10-12-2-4-15-5-3-12/h2-5,11H,6-10H2,1H3. The van der Waals surface area contributed by atoms with Crippen molar-refractivity contribution in [1.82, 2.24) is 14.8 Å². The molecule has 5 heteroatoms. The van der Waals surface area contributed by atoms with Crippen LogP contribution in [-0.4, -0.2) is 51.7 Å². The zero-order valence-electron chi connectivity index (χ0n) is 10.6. The number of carbonyl (C=O) groups excluding carboxylic acids is 1. The lowest BCUT2D eigenvalue weighted by molar-refractivity contribution is -0.131. The van der Waals surface area contributed by atoms with Crippen molar-refractivity contribution in [2.45, 2.75) is 18.3 Å². The average molecular weight is 312 g/mol. The molecule has 0 spiro atoms. The first-order valence-electron chi connectivity index (χ1n) is 6.21. The van der Waals surface area contributed by atoms with Gasteiger partial charge in [0, 0.05) is 45.1 Å². The number of amides is 1. The van der Waals surface area contributed by atoms with Crippen molar-refractivity contribution < 1.29 is 4.79 Å². The summed E-state index contributed by atoms with van der Waals surface area (Å²) >= 11 is 3.33. The molecule has 1 aliphatic heterocycles. The Balaban J connectivity index is 1.82. The number of hydrogen-bond acceptors (Lipinski definition) is 3. The lowest BCUT2D eigenvalue weighted by Gasteiger charge is -2.35. The van der Waals surface area contributed by atoms with Crippen molar-refractivity contribution in [2.75, 3.05) is 26.2 Å². The predicted octanol–water partition coefficient (Wildman–Crippen LogP) is 1.51. The molecule has 18 heavy (non-hydrogen) atoms. The fourth-order valence-corrected chi connectivity index (χ4v) is 2.41. The zero-order valence-corrected chi connectivity index (χ0v) is 12.1. The molecule has 0 radical (unpaired) electrons. The quantitative estimate of drug-likeness (QED) is 0.794. The third-order valence-corrected chi connectivity index (χ3v) is 3.57. The van der Waals surface area contributed by atoms with Gasteiger partial charge in [0.1, 0.15) is 0 Å². The van der Waals surface area contributed by atoms with Crippen molar-refractivity contribution in [1.29, 1.82) is 0 Å². The topological polar surface area (TPSA) is 36.4 Å². The molecule has 1 atom stereocenters. The Kier molecular flexibility index (Phi) is 4.72. The van der Waals surface area contributed by atoms with Gasteiger partial charge >= 0.3 is 0 Å². The van der Waals surface area contributed by atoms with E-state index in [1.165, 1.54) is 5.56 Å². The van der Waals surface area contributed by atoms with Gasteiger partial charge < -0.3 is 4.90 Å². The Morgan fingerprint density at radius 1 is 1.33 bits per heavy atom. The Labute approximate surface area is 116 Å². The number of nitrogens with zero attached hydrogens (tertiary/aromatic N) is 3. The van der Waals surface area contributed by atoms with E-state index in [4.69, 9.17) is 0 Å². The van der Waals surface area contributed by atoms with Crippen LogP contribution in [0.15, 0.2) is 24.5 Å². The minimum absolute atomic E-state index is 0.0794. The molecule has 4 nitrogen and oxygen atoms in total. The molecular formula is C13H18BrN3O. The number of carbonyl (C=O) groups is 1. The fourth-order valence-electron chi connectivity index (χ4n) is 2.12. The molecule has 0 N–H and O–H groups in total. The van der Waals surface area contributed by atoms with Crippen LogP contribution in [-0.2, 0) is 11.3 Å². The Hall–Kier alpha value is -0.940. The largest absolute Gasteiger partial charge is 0.339 e. The van der Waals surface area contributed by atoms with Crippen LogP contribution < -0.4 is 0 Å². The van der Waals surface area contributed by atoms with Crippen LogP contribution in [0.4, 0.5) is 0 Å². The van der Waals surface area contributed by atoms with E-state index < -0.39 is 0 Å². The Morgan fingerprint density at radius 3 is 2.50 bits per heavy atom. The summed E-state index contributed by atoms with van der Waals surface area (Å²) in [5.41, 5.74) is 1.28. The van der Waals surface area contributed by atoms with E-state index in [9.17, 15) is 4.79 Å². The molecule has 0 aromatic carbocycles. The van der Waals surface area contributed by atoms with Crippen molar-refractivity contribution in [2.24, 2.45) is 0 Å². The summed E-state index contributed by atoms with van der Waals surface area (Å²) in [6.45, 7) is 6.33. The summed E-state index contributed by atoms with van der Waals surface area (Å²) in [5, 5.41) is 0. The highest BCUT2D eigenvalue weighted by Gasteiger charge is 2.23. The maximum Gasteiger partial charge on any atom is 0.236 e. The van der Waals surface area contributed by atoms with Gasteiger partial charge in [-0.3, -0.25) is 14.7 Å². The van der Waals surface area contributed by atoms with Crippen LogP contribution in [0.25, 0.3) is 0 Å². The van der Waals surface area contributed by atoms with Crippen LogP contribution in [0.5, 0.6) is 0 Å². The zero-order chi connectivity index (χ0) is 13.0. The first kappa shape index (κ1) is 13.5. The maximum absolute atomic E-state index is 11.8. The number of rotatable bonds is 3. The number of piperazine rings is 1. The minimum atomic E-state index is -0.0794. The Bertz CT molecular complexity index is 388. The molecule has 1 aromatic heterocycles. The van der Waals surface area contributed by atoms with Crippen LogP contribution >= 0.6 is 15.9 Å². The highest BCUT2D eigenvalue weighted by atomic mass is 79.9. The smallest absolute Gasteiger partial charge is 0.236 e. The lowest BCUT2D eigenvalue weighted by atomic mass is 10.2. The number of halogens is 1. The number of hydrogen-bond donors (Lipinski definition) is 0. The van der Waals surface area contributed by atoms with Gasteiger partial charge in [-0.25, -0.2) is 0 Å². The number of aromatic nitrogens is 1. The molecule has 2 heterocycles. The van der Waals surface area contributed by atoms with Crippen molar-refractivity contribution in [3.8, 4) is 0 Å². The van der Waals surface area contributed by atoms with Crippen LogP contribution in [0.2, 0.25) is 0 Å². The molecule has 1 saturated heterocycles. The van der Waals surface area contributed by atoms with E-state index in [0.717, 1.165) is 32.7 Å². The average Bonchev–Trinajstić information content (AvgIpc) is 2.40. The van der Waals surface area contributed by atoms with E-state index in [-0.39, 0.29) is 10.7 Å². The van der Waals surface area contributed by atoms with Gasteiger partial charge in [0.05, 0.1) is 4.83 Å². The summed E-state index contributed by atoms with van der Waals surface area (Å²) in [6, 6.07) is 4.08. The highest BCUT2D eigenvalue weighted by molar-refractivity contribution is 9.10. The van der Waals surface area contributed by atoms with Gasteiger partial charge in [-0.05, 0) is 24.6 Å². The molecule has 1 unspecified atom stereocenters. The highest BCUT2D eigenvalue weighted by Crippen LogP contribution is 2.10. The summed E-state index contributed by atoms with van der Waals surface area (Å²) in [7, 11) is 0. The summed E-state index contributed by atoms with van der Waals surface area (Å²) in [4.78, 5) is 20.1. The summed E-state index contributed by atoms with van der Waals surface area (Å²) < 4.78 is 0. The second-order valence-corrected chi connectivity index (χ2v) is 5.95. The van der Waals surface area contributed by atoms with Gasteiger partial charge in [0.15, 0.2) is 0 Å². The molecule has 0 bridgehead atoms. The molecule has 2 rings (SSSR count). The van der Waals surface area contributed by atoms with E-state index in [1.807, 2.05) is 36.4 Å². The SMILES string of the molecule is CC(Br)C(=O)N1CCN(Cc2ccncc2)CC1. The second kappa shape index (κ2) is 6.29. The van der Waals surface area contributed by atoms with Gasteiger partial charge in [-0.2, -0.15) is 0 Å². The molecule has 98 valence electrons. The molecular weight excluding hydrogens is 294 g/mol. The number of pyridine rings is 1. The minimum Gasteiger partial charge on any atom is -0.339 e. The van der Waals surface area contributed by atoms with Crippen LogP contribution in [0.1, 0.15) is 12.5 Å². The van der Waals surface area contributed by atoms with E-state index in [0.29, 0.717) is 0 Å². The second-order valence-electron chi connectivity index (χ2n) is 4.57. The molecule has 1 amide bonds. The maximum atomic E-state index is 11.8. The van der Waals surface area contributed by atoms with E-state index in [2.05, 4.69) is 25.8 Å². The van der Waals surface area contributed by atoms with Crippen LogP contribution in [0, 0.1) is 0 Å². The van der Waals surface area contributed by atoms with E-state index >= 15 is 0 Å². The van der Waals surface area contributed by atoms with Crippen molar-refractivity contribution >= 4 is 21.8 Å². The number of alkyl halides is 1. The monoisotopic (exact) mass is 311 g/mol. The van der Waals surface area contributed by atoms with Gasteiger partial charge in [-0.1, -0.05) is 15.9 Å². The lowest BCUT2D eigenvalue weighted by Crippen LogP contribution is -2.49. The first-order valence-corrected chi connectivity index (χ1v) is 7.12. The van der Waals surface area contributed by atoms with Crippen molar-refractivity contribution in [3.63, 3.8) is 0 Å². The summed E-state index contributed by atoms with van der Waals surface area (Å²) in [5.74, 6) is 0.193. The molecule has 0 aliphatic carbocycles. The van der Waals surface area contributed by atoms with Gasteiger partial charge in [0.25, 0.3) is 0 Å². The van der Waals surface area contributed by atoms with Crippen molar-refractivity contribution in [3.05, 3.63) is 30.1 Å². The third kappa shape index (κ3) is 3.53.